The molecule has 1 aromatic carbocycles. The number of nitrogens with zero attached hydrogens (tertiary/aromatic N) is 3. The predicted molar refractivity (Wildman–Crippen MR) is 123 cm³/mol. The number of benzene rings is 1. The van der Waals surface area contributed by atoms with E-state index in [1.807, 2.05) is 19.1 Å². The lowest BCUT2D eigenvalue weighted by molar-refractivity contribution is -0.135. The van der Waals surface area contributed by atoms with Gasteiger partial charge in [0.1, 0.15) is 0 Å². The SMILES string of the molecule is CC1(CC(=O)NCC(=O)N2CCN(Cc3cccc4cccnc34)CC2)CCC(F)(F)CC1. The van der Waals surface area contributed by atoms with Crippen LogP contribution in [0.15, 0.2) is 36.5 Å². The number of carbonyl (C=O) groups is 2. The molecule has 6 nitrogen and oxygen atoms in total. The van der Waals surface area contributed by atoms with Crippen LogP contribution < -0.4 is 5.32 Å². The average Bonchev–Trinajstić information content (AvgIpc) is 2.81. The standard InChI is InChI=1S/C25H32F2N4O2/c1-24(7-9-25(26,27)10-8-24)16-21(32)29-17-22(33)31-14-12-30(13-15-31)18-20-5-2-4-19-6-3-11-28-23(19)20/h2-6,11H,7-10,12-18H2,1H3,(H,29,32). The quantitative estimate of drug-likeness (QED) is 0.719. The van der Waals surface area contributed by atoms with Crippen molar-refractivity contribution < 1.29 is 18.4 Å². The highest BCUT2D eigenvalue weighted by atomic mass is 19.3. The minimum absolute atomic E-state index is 0.0433. The number of hydrogen-bond acceptors (Lipinski definition) is 4. The summed E-state index contributed by atoms with van der Waals surface area (Å²) in [5, 5.41) is 3.83. The maximum atomic E-state index is 13.4. The summed E-state index contributed by atoms with van der Waals surface area (Å²) in [6.45, 7) is 5.36. The molecule has 1 N–H and O–H groups in total. The lowest BCUT2D eigenvalue weighted by atomic mass is 9.72. The molecule has 8 heteroatoms. The van der Waals surface area contributed by atoms with Gasteiger partial charge in [-0.05, 0) is 29.9 Å². The normalized spacial score (nSPS) is 20.5. The molecule has 1 saturated heterocycles. The molecular weight excluding hydrogens is 426 g/mol. The van der Waals surface area contributed by atoms with Gasteiger partial charge in [0.25, 0.3) is 0 Å². The number of pyridine rings is 1. The van der Waals surface area contributed by atoms with Crippen molar-refractivity contribution in [3.63, 3.8) is 0 Å². The molecule has 1 aliphatic carbocycles. The van der Waals surface area contributed by atoms with Crippen LogP contribution in [0.1, 0.15) is 44.6 Å². The molecule has 2 heterocycles. The Labute approximate surface area is 193 Å². The molecule has 0 radical (unpaired) electrons. The summed E-state index contributed by atoms with van der Waals surface area (Å²) < 4.78 is 26.8. The second kappa shape index (κ2) is 9.71. The van der Waals surface area contributed by atoms with Crippen molar-refractivity contribution in [1.82, 2.24) is 20.1 Å². The Balaban J connectivity index is 1.21. The summed E-state index contributed by atoms with van der Waals surface area (Å²) >= 11 is 0. The smallest absolute Gasteiger partial charge is 0.248 e. The Bertz CT molecular complexity index is 990. The molecule has 2 fully saturated rings. The van der Waals surface area contributed by atoms with Crippen LogP contribution in [-0.2, 0) is 16.1 Å². The van der Waals surface area contributed by atoms with Crippen LogP contribution in [0.25, 0.3) is 10.9 Å². The third kappa shape index (κ3) is 6.05. The molecule has 2 aromatic rings. The van der Waals surface area contributed by atoms with Gasteiger partial charge >= 0.3 is 0 Å². The first kappa shape index (κ1) is 23.5. The van der Waals surface area contributed by atoms with Gasteiger partial charge in [-0.25, -0.2) is 8.78 Å². The third-order valence-electron chi connectivity index (χ3n) is 7.05. The van der Waals surface area contributed by atoms with Crippen LogP contribution in [0.3, 0.4) is 0 Å². The molecular formula is C25H32F2N4O2. The van der Waals surface area contributed by atoms with Gasteiger partial charge in [-0.2, -0.15) is 0 Å². The number of halogens is 2. The van der Waals surface area contributed by atoms with Crippen molar-refractivity contribution in [2.45, 2.75) is 51.5 Å². The van der Waals surface area contributed by atoms with Gasteiger partial charge in [0, 0.05) is 63.6 Å². The van der Waals surface area contributed by atoms with E-state index in [1.54, 1.807) is 11.1 Å². The van der Waals surface area contributed by atoms with E-state index in [2.05, 4.69) is 33.4 Å². The van der Waals surface area contributed by atoms with Crippen LogP contribution in [0.4, 0.5) is 8.78 Å². The Hall–Kier alpha value is -2.61. The highest BCUT2D eigenvalue weighted by Crippen LogP contribution is 2.45. The highest BCUT2D eigenvalue weighted by Gasteiger charge is 2.41. The molecule has 33 heavy (non-hydrogen) atoms. The topological polar surface area (TPSA) is 65.5 Å². The van der Waals surface area contributed by atoms with E-state index in [0.717, 1.165) is 30.5 Å². The van der Waals surface area contributed by atoms with E-state index < -0.39 is 11.3 Å². The summed E-state index contributed by atoms with van der Waals surface area (Å²) in [5.74, 6) is -2.95. The summed E-state index contributed by atoms with van der Waals surface area (Å²) in [7, 11) is 0. The largest absolute Gasteiger partial charge is 0.347 e. The van der Waals surface area contributed by atoms with Crippen LogP contribution in [-0.4, -0.2) is 65.2 Å². The lowest BCUT2D eigenvalue weighted by Crippen LogP contribution is -2.51. The molecule has 0 atom stereocenters. The lowest BCUT2D eigenvalue weighted by Gasteiger charge is -2.37. The van der Waals surface area contributed by atoms with Crippen molar-refractivity contribution in [2.75, 3.05) is 32.7 Å². The predicted octanol–water partition coefficient (Wildman–Crippen LogP) is 3.60. The van der Waals surface area contributed by atoms with Gasteiger partial charge in [-0.3, -0.25) is 19.5 Å². The number of para-hydroxylation sites is 1. The number of aromatic nitrogens is 1. The molecule has 4 rings (SSSR count). The molecule has 1 aromatic heterocycles. The number of piperazine rings is 1. The number of fused-ring (bicyclic) bond motifs is 1. The molecule has 2 aliphatic rings. The third-order valence-corrected chi connectivity index (χ3v) is 7.05. The van der Waals surface area contributed by atoms with Crippen LogP contribution >= 0.6 is 0 Å². The minimum Gasteiger partial charge on any atom is -0.347 e. The zero-order valence-electron chi connectivity index (χ0n) is 19.2. The van der Waals surface area contributed by atoms with Crippen LogP contribution in [0.5, 0.6) is 0 Å². The van der Waals surface area contributed by atoms with E-state index in [9.17, 15) is 18.4 Å². The Morgan fingerprint density at radius 1 is 1.03 bits per heavy atom. The zero-order valence-corrected chi connectivity index (χ0v) is 19.2. The second-order valence-electron chi connectivity index (χ2n) is 9.77. The maximum absolute atomic E-state index is 13.4. The summed E-state index contributed by atoms with van der Waals surface area (Å²) in [5.41, 5.74) is 1.77. The number of nitrogens with one attached hydrogen (secondary N) is 1. The summed E-state index contributed by atoms with van der Waals surface area (Å²) in [6, 6.07) is 10.2. The van der Waals surface area contributed by atoms with E-state index in [1.165, 1.54) is 5.56 Å². The van der Waals surface area contributed by atoms with E-state index in [0.29, 0.717) is 25.9 Å². The van der Waals surface area contributed by atoms with Crippen molar-refractivity contribution in [2.24, 2.45) is 5.41 Å². The number of alkyl halides is 2. The highest BCUT2D eigenvalue weighted by molar-refractivity contribution is 5.85. The van der Waals surface area contributed by atoms with Gasteiger partial charge in [0.05, 0.1) is 12.1 Å². The monoisotopic (exact) mass is 458 g/mol. The summed E-state index contributed by atoms with van der Waals surface area (Å²) in [6.07, 6.45) is 2.30. The van der Waals surface area contributed by atoms with Gasteiger partial charge in [-0.1, -0.05) is 31.2 Å². The fraction of sp³-hybridized carbons (Fsp3) is 0.560. The van der Waals surface area contributed by atoms with Crippen molar-refractivity contribution in [3.8, 4) is 0 Å². The van der Waals surface area contributed by atoms with Crippen LogP contribution in [0.2, 0.25) is 0 Å². The first-order valence-electron chi connectivity index (χ1n) is 11.7. The van der Waals surface area contributed by atoms with Crippen molar-refractivity contribution in [1.29, 1.82) is 0 Å². The summed E-state index contributed by atoms with van der Waals surface area (Å²) in [4.78, 5) is 33.5. The molecule has 1 saturated carbocycles. The fourth-order valence-electron chi connectivity index (χ4n) is 4.82. The number of amides is 2. The van der Waals surface area contributed by atoms with Gasteiger partial charge < -0.3 is 10.2 Å². The first-order chi connectivity index (χ1) is 15.7. The Morgan fingerprint density at radius 3 is 2.45 bits per heavy atom. The van der Waals surface area contributed by atoms with E-state index >= 15 is 0 Å². The molecule has 1 aliphatic heterocycles. The van der Waals surface area contributed by atoms with Crippen molar-refractivity contribution in [3.05, 3.63) is 42.1 Å². The second-order valence-corrected chi connectivity index (χ2v) is 9.77. The van der Waals surface area contributed by atoms with Gasteiger partial charge in [0.2, 0.25) is 17.7 Å². The van der Waals surface area contributed by atoms with Gasteiger partial charge in [0.15, 0.2) is 0 Å². The van der Waals surface area contributed by atoms with E-state index in [-0.39, 0.29) is 37.6 Å². The molecule has 0 spiro atoms. The van der Waals surface area contributed by atoms with Crippen molar-refractivity contribution >= 4 is 22.7 Å². The molecule has 0 bridgehead atoms. The number of hydrogen-bond donors (Lipinski definition) is 1. The minimum atomic E-state index is -2.61. The van der Waals surface area contributed by atoms with E-state index in [4.69, 9.17) is 0 Å². The Kier molecular flexibility index (Phi) is 6.93. The fourth-order valence-corrected chi connectivity index (χ4v) is 4.82. The average molecular weight is 459 g/mol. The van der Waals surface area contributed by atoms with Gasteiger partial charge in [-0.15, -0.1) is 0 Å². The maximum Gasteiger partial charge on any atom is 0.248 e. The zero-order chi connectivity index (χ0) is 23.5. The molecule has 0 unspecified atom stereocenters. The Morgan fingerprint density at radius 2 is 1.73 bits per heavy atom. The molecule has 178 valence electrons. The first-order valence-corrected chi connectivity index (χ1v) is 11.7. The number of rotatable bonds is 6. The number of carbonyl (C=O) groups excluding carboxylic acids is 2. The van der Waals surface area contributed by atoms with Crippen LogP contribution in [0, 0.1) is 5.41 Å². The molecule has 2 amide bonds.